The molecular weight excluding hydrogens is 158 g/mol. The van der Waals surface area contributed by atoms with Gasteiger partial charge in [0.05, 0.1) is 0 Å². The van der Waals surface area contributed by atoms with E-state index in [2.05, 4.69) is 4.31 Å². The van der Waals surface area contributed by atoms with Gasteiger partial charge in [0.25, 0.3) is 0 Å². The van der Waals surface area contributed by atoms with Crippen LogP contribution in [0.5, 0.6) is 0 Å². The minimum Gasteiger partial charge on any atom is -0.295 e. The summed E-state index contributed by atoms with van der Waals surface area (Å²) in [6, 6.07) is 0. The van der Waals surface area contributed by atoms with E-state index in [4.69, 9.17) is 0 Å². The highest BCUT2D eigenvalue weighted by Crippen LogP contribution is 2.28. The van der Waals surface area contributed by atoms with Crippen molar-refractivity contribution in [2.45, 2.75) is 19.8 Å². The highest BCUT2D eigenvalue weighted by Gasteiger charge is 1.96. The average molecular weight is 168 g/mol. The first-order valence-corrected chi connectivity index (χ1v) is 5.09. The van der Waals surface area contributed by atoms with Gasteiger partial charge >= 0.3 is 8.69 Å². The first-order valence-electron chi connectivity index (χ1n) is 2.83. The molecular formula is C4H10O3P2. The molecule has 0 saturated carbocycles. The van der Waals surface area contributed by atoms with Gasteiger partial charge in [-0.25, -0.2) is 8.88 Å². The molecule has 0 radical (unpaired) electrons. The predicted octanol–water partition coefficient (Wildman–Crippen LogP) is 2.48. The molecule has 0 amide bonds. The standard InChI is InChI=1S/C4H10O3P2/c1-2-3-4-9(6)7-8-5/h9H,2-4H2,1H3. The Morgan fingerprint density at radius 2 is 2.33 bits per heavy atom. The van der Waals surface area contributed by atoms with Crippen LogP contribution in [0.1, 0.15) is 19.8 Å². The molecule has 54 valence electrons. The second-order valence-electron chi connectivity index (χ2n) is 1.64. The largest absolute Gasteiger partial charge is 0.333 e. The Labute approximate surface area is 56.9 Å². The van der Waals surface area contributed by atoms with Gasteiger partial charge in [0.1, 0.15) is 0 Å². The van der Waals surface area contributed by atoms with E-state index in [-0.39, 0.29) is 0 Å². The van der Waals surface area contributed by atoms with Gasteiger partial charge in [0, 0.05) is 6.16 Å². The molecule has 0 spiro atoms. The van der Waals surface area contributed by atoms with Crippen LogP contribution in [0.2, 0.25) is 0 Å². The number of hydrogen-bond donors (Lipinski definition) is 0. The van der Waals surface area contributed by atoms with Crippen molar-refractivity contribution in [3.63, 3.8) is 0 Å². The fraction of sp³-hybridized carbons (Fsp3) is 1.00. The summed E-state index contributed by atoms with van der Waals surface area (Å²) >= 11 is 0. The van der Waals surface area contributed by atoms with Crippen molar-refractivity contribution >= 4 is 16.7 Å². The van der Waals surface area contributed by atoms with Crippen molar-refractivity contribution in [2.75, 3.05) is 6.16 Å². The molecule has 0 rings (SSSR count). The second kappa shape index (κ2) is 6.41. The van der Waals surface area contributed by atoms with Crippen molar-refractivity contribution in [1.29, 1.82) is 0 Å². The van der Waals surface area contributed by atoms with Gasteiger partial charge in [0.2, 0.25) is 8.03 Å². The number of rotatable bonds is 5. The molecule has 1 atom stereocenters. The quantitative estimate of drug-likeness (QED) is 0.592. The zero-order valence-corrected chi connectivity index (χ0v) is 7.19. The summed E-state index contributed by atoms with van der Waals surface area (Å²) in [5, 5.41) is 0. The van der Waals surface area contributed by atoms with Crippen LogP contribution >= 0.6 is 16.7 Å². The Kier molecular flexibility index (Phi) is 6.62. The van der Waals surface area contributed by atoms with Gasteiger partial charge in [0.15, 0.2) is 0 Å². The van der Waals surface area contributed by atoms with E-state index in [0.29, 0.717) is 6.16 Å². The Hall–Kier alpha value is 0.290. The molecule has 0 fully saturated rings. The molecule has 0 aliphatic carbocycles. The Balaban J connectivity index is 3.16. The van der Waals surface area contributed by atoms with Crippen molar-refractivity contribution in [3.05, 3.63) is 0 Å². The first kappa shape index (κ1) is 9.29. The molecule has 9 heavy (non-hydrogen) atoms. The fourth-order valence-corrected chi connectivity index (χ4v) is 1.75. The van der Waals surface area contributed by atoms with E-state index in [9.17, 15) is 9.13 Å². The van der Waals surface area contributed by atoms with E-state index in [0.717, 1.165) is 12.8 Å². The highest BCUT2D eigenvalue weighted by atomic mass is 31.2. The third-order valence-corrected chi connectivity index (χ3v) is 2.75. The first-order chi connectivity index (χ1) is 4.31. The fourth-order valence-electron chi connectivity index (χ4n) is 0.408. The van der Waals surface area contributed by atoms with Crippen LogP contribution in [0.15, 0.2) is 0 Å². The molecule has 1 unspecified atom stereocenters. The molecule has 0 N–H and O–H groups in total. The summed E-state index contributed by atoms with van der Waals surface area (Å²) in [7, 11) is -2.44. The molecule has 0 aliphatic heterocycles. The number of unbranched alkanes of at least 4 members (excludes halogenated alkanes) is 1. The van der Waals surface area contributed by atoms with E-state index in [1.807, 2.05) is 6.92 Å². The molecule has 0 aliphatic rings. The van der Waals surface area contributed by atoms with Crippen molar-refractivity contribution < 1.29 is 13.4 Å². The van der Waals surface area contributed by atoms with Gasteiger partial charge < -0.3 is 0 Å². The average Bonchev–Trinajstić information content (AvgIpc) is 1.85. The monoisotopic (exact) mass is 168 g/mol. The zero-order chi connectivity index (χ0) is 7.11. The highest BCUT2D eigenvalue weighted by molar-refractivity contribution is 7.46. The van der Waals surface area contributed by atoms with Crippen LogP contribution < -0.4 is 0 Å². The Bertz CT molecular complexity index is 104. The van der Waals surface area contributed by atoms with Crippen molar-refractivity contribution in [1.82, 2.24) is 0 Å². The maximum atomic E-state index is 10.6. The molecule has 3 nitrogen and oxygen atoms in total. The van der Waals surface area contributed by atoms with Crippen LogP contribution in [0.4, 0.5) is 0 Å². The van der Waals surface area contributed by atoms with E-state index >= 15 is 0 Å². The molecule has 5 heteroatoms. The maximum absolute atomic E-state index is 10.6. The van der Waals surface area contributed by atoms with Gasteiger partial charge in [-0.05, 0) is 6.42 Å². The Morgan fingerprint density at radius 1 is 1.67 bits per heavy atom. The van der Waals surface area contributed by atoms with Crippen LogP contribution in [-0.2, 0) is 13.4 Å². The lowest BCUT2D eigenvalue weighted by Crippen LogP contribution is -1.74. The lowest BCUT2D eigenvalue weighted by atomic mass is 10.4. The van der Waals surface area contributed by atoms with E-state index in [1.54, 1.807) is 0 Å². The van der Waals surface area contributed by atoms with Crippen molar-refractivity contribution in [3.8, 4) is 0 Å². The summed E-state index contributed by atoms with van der Waals surface area (Å²) in [5.74, 6) is 0. The van der Waals surface area contributed by atoms with Crippen LogP contribution in [0.3, 0.4) is 0 Å². The Morgan fingerprint density at radius 3 is 2.78 bits per heavy atom. The van der Waals surface area contributed by atoms with Crippen LogP contribution in [-0.4, -0.2) is 6.16 Å². The van der Waals surface area contributed by atoms with E-state index < -0.39 is 16.7 Å². The van der Waals surface area contributed by atoms with Gasteiger partial charge in [-0.15, -0.1) is 0 Å². The molecule has 0 aromatic rings. The zero-order valence-electron chi connectivity index (χ0n) is 5.29. The van der Waals surface area contributed by atoms with Crippen LogP contribution in [0.25, 0.3) is 0 Å². The summed E-state index contributed by atoms with van der Waals surface area (Å²) in [4.78, 5) is 0. The van der Waals surface area contributed by atoms with Gasteiger partial charge in [-0.3, -0.25) is 4.57 Å². The van der Waals surface area contributed by atoms with Crippen molar-refractivity contribution in [2.24, 2.45) is 0 Å². The topological polar surface area (TPSA) is 43.4 Å². The van der Waals surface area contributed by atoms with Gasteiger partial charge in [-0.1, -0.05) is 13.3 Å². The molecule has 0 aromatic carbocycles. The minimum absolute atomic E-state index is 0.462. The summed E-state index contributed by atoms with van der Waals surface area (Å²) in [6.07, 6.45) is 2.43. The third-order valence-electron chi connectivity index (χ3n) is 0.874. The van der Waals surface area contributed by atoms with Gasteiger partial charge in [-0.2, -0.15) is 0 Å². The molecule has 0 bridgehead atoms. The predicted molar refractivity (Wildman–Crippen MR) is 37.5 cm³/mol. The molecule has 0 saturated heterocycles. The minimum atomic E-state index is -1.98. The summed E-state index contributed by atoms with van der Waals surface area (Å²) in [5.41, 5.74) is 0. The van der Waals surface area contributed by atoms with Crippen LogP contribution in [0, 0.1) is 0 Å². The molecule has 0 heterocycles. The lowest BCUT2D eigenvalue weighted by Gasteiger charge is -1.92. The summed E-state index contributed by atoms with van der Waals surface area (Å²) < 4.78 is 24.5. The number of hydrogen-bond acceptors (Lipinski definition) is 3. The maximum Gasteiger partial charge on any atom is 0.333 e. The molecule has 0 aromatic heterocycles. The van der Waals surface area contributed by atoms with E-state index in [1.165, 1.54) is 0 Å². The smallest absolute Gasteiger partial charge is 0.295 e. The SMILES string of the molecule is CCCC[PH](=O)OP=O. The third kappa shape index (κ3) is 6.17. The summed E-state index contributed by atoms with van der Waals surface area (Å²) in [6.45, 7) is 2.00. The lowest BCUT2D eigenvalue weighted by molar-refractivity contribution is 0.500. The normalized spacial score (nSPS) is 13.9. The second-order valence-corrected chi connectivity index (χ2v) is 3.76.